The van der Waals surface area contributed by atoms with Crippen LogP contribution in [-0.4, -0.2) is 20.2 Å². The van der Waals surface area contributed by atoms with Crippen LogP contribution in [0.1, 0.15) is 96.5 Å². The molecule has 5 nitrogen and oxygen atoms in total. The van der Waals surface area contributed by atoms with Crippen LogP contribution in [0.5, 0.6) is 0 Å². The summed E-state index contributed by atoms with van der Waals surface area (Å²) in [6.07, 6.45) is 16.5. The van der Waals surface area contributed by atoms with E-state index in [9.17, 15) is 15.2 Å². The fraction of sp³-hybridized carbons (Fsp3) is 0.381. The monoisotopic (exact) mass is 625 g/mol. The smallest absolute Gasteiger partial charge is 0.346 e. The average Bonchev–Trinajstić information content (AvgIpc) is 3.58. The highest BCUT2D eigenvalue weighted by Gasteiger charge is 2.19. The van der Waals surface area contributed by atoms with E-state index >= 15 is 0 Å². The summed E-state index contributed by atoms with van der Waals surface area (Å²) in [7, 11) is 0. The first kappa shape index (κ1) is 32.4. The Hall–Kier alpha value is -4.56. The second-order valence-corrected chi connectivity index (χ2v) is 13.1. The van der Waals surface area contributed by atoms with Crippen molar-refractivity contribution in [2.45, 2.75) is 104 Å². The highest BCUT2D eigenvalue weighted by Crippen LogP contribution is 2.42. The minimum atomic E-state index is -1.21. The number of benzene rings is 4. The van der Waals surface area contributed by atoms with E-state index in [4.69, 9.17) is 0 Å². The first-order valence-corrected chi connectivity index (χ1v) is 17.8. The van der Waals surface area contributed by atoms with Crippen LogP contribution in [0.3, 0.4) is 0 Å². The van der Waals surface area contributed by atoms with E-state index in [1.165, 1.54) is 114 Å². The predicted octanol–water partition coefficient (Wildman–Crippen LogP) is 11.8. The number of rotatable bonds is 16. The van der Waals surface area contributed by atoms with Crippen molar-refractivity contribution in [3.63, 3.8) is 0 Å². The molecule has 0 unspecified atom stereocenters. The minimum Gasteiger partial charge on any atom is -0.477 e. The van der Waals surface area contributed by atoms with Crippen LogP contribution < -0.4 is 0 Å². The van der Waals surface area contributed by atoms with Crippen LogP contribution in [-0.2, 0) is 17.9 Å². The normalized spacial score (nSPS) is 12.2. The molecule has 0 aliphatic heterocycles. The molecule has 0 spiro atoms. The van der Waals surface area contributed by atoms with Gasteiger partial charge in [-0.3, -0.25) is 0 Å². The Morgan fingerprint density at radius 2 is 1.19 bits per heavy atom. The zero-order valence-corrected chi connectivity index (χ0v) is 28.0. The van der Waals surface area contributed by atoms with Crippen LogP contribution in [0.4, 0.5) is 0 Å². The lowest BCUT2D eigenvalue weighted by atomic mass is 9.98. The van der Waals surface area contributed by atoms with Crippen molar-refractivity contribution in [2.24, 2.45) is 0 Å². The Kier molecular flexibility index (Phi) is 10.3. The Morgan fingerprint density at radius 3 is 1.79 bits per heavy atom. The molecule has 0 aliphatic rings. The molecular formula is C42H47N3O2. The number of hydrogen-bond acceptors (Lipinski definition) is 2. The summed E-state index contributed by atoms with van der Waals surface area (Å²) in [6.45, 7) is 6.45. The second kappa shape index (κ2) is 14.9. The number of aliphatic carboxylic acids is 1. The number of para-hydroxylation sites is 1. The Morgan fingerprint density at radius 1 is 0.660 bits per heavy atom. The molecule has 2 heterocycles. The van der Waals surface area contributed by atoms with E-state index in [1.54, 1.807) is 0 Å². The van der Waals surface area contributed by atoms with Gasteiger partial charge in [-0.1, -0.05) is 114 Å². The topological polar surface area (TPSA) is 70.9 Å². The lowest BCUT2D eigenvalue weighted by Crippen LogP contribution is -1.98. The number of carbonyl (C=O) groups is 1. The second-order valence-electron chi connectivity index (χ2n) is 13.1. The molecule has 0 amide bonds. The zero-order valence-electron chi connectivity index (χ0n) is 28.0. The maximum absolute atomic E-state index is 11.7. The standard InChI is InChI=1S/C42H47N3O2/c1-3-5-7-9-11-15-25-44-35-18-14-13-17-33(35)40-37(44)23-20-31-21-24-38-41(39(31)40)34-28-30(27-32(29-43)42(46)47)19-22-36(34)45(38)26-16-12-10-8-6-4-2/h13-14,17-24,27-28H,3-12,15-16,25-26H2,1-2H3,(H,46,47)/b32-27-. The summed E-state index contributed by atoms with van der Waals surface area (Å²) in [6, 6.07) is 25.9. The van der Waals surface area contributed by atoms with Crippen LogP contribution in [0, 0.1) is 11.3 Å². The number of fused-ring (bicyclic) bond motifs is 9. The Balaban J connectivity index is 1.56. The molecule has 5 heteroatoms. The van der Waals surface area contributed by atoms with Crippen molar-refractivity contribution < 1.29 is 9.90 Å². The summed E-state index contributed by atoms with van der Waals surface area (Å²) >= 11 is 0. The summed E-state index contributed by atoms with van der Waals surface area (Å²) in [5.41, 5.74) is 5.38. The van der Waals surface area contributed by atoms with Gasteiger partial charge in [0, 0.05) is 62.1 Å². The van der Waals surface area contributed by atoms with E-state index in [0.29, 0.717) is 0 Å². The molecule has 0 fully saturated rings. The third-order valence-electron chi connectivity index (χ3n) is 9.90. The molecule has 0 aliphatic carbocycles. The predicted molar refractivity (Wildman–Crippen MR) is 198 cm³/mol. The van der Waals surface area contributed by atoms with Gasteiger partial charge in [0.1, 0.15) is 11.6 Å². The highest BCUT2D eigenvalue weighted by molar-refractivity contribution is 6.32. The quantitative estimate of drug-likeness (QED) is 0.0661. The number of nitriles is 1. The van der Waals surface area contributed by atoms with Crippen molar-refractivity contribution in [1.29, 1.82) is 5.26 Å². The molecule has 1 N–H and O–H groups in total. The van der Waals surface area contributed by atoms with Gasteiger partial charge in [-0.05, 0) is 60.2 Å². The number of carboxylic acids is 1. The van der Waals surface area contributed by atoms with Crippen molar-refractivity contribution in [1.82, 2.24) is 9.13 Å². The van der Waals surface area contributed by atoms with Gasteiger partial charge < -0.3 is 14.2 Å². The molecular weight excluding hydrogens is 578 g/mol. The van der Waals surface area contributed by atoms with E-state index in [0.717, 1.165) is 42.4 Å². The minimum absolute atomic E-state index is 0.259. The van der Waals surface area contributed by atoms with Crippen molar-refractivity contribution in [3.05, 3.63) is 77.9 Å². The molecule has 0 saturated carbocycles. The van der Waals surface area contributed by atoms with Crippen molar-refractivity contribution in [3.8, 4) is 6.07 Å². The van der Waals surface area contributed by atoms with Gasteiger partial charge >= 0.3 is 5.97 Å². The number of carboxylic acid groups (broad SMARTS) is 1. The van der Waals surface area contributed by atoms with Crippen LogP contribution in [0.25, 0.3) is 60.5 Å². The summed E-state index contributed by atoms with van der Waals surface area (Å²) < 4.78 is 4.99. The number of nitrogens with zero attached hydrogens (tertiary/aromatic N) is 3. The van der Waals surface area contributed by atoms with Crippen LogP contribution in [0.2, 0.25) is 0 Å². The maximum Gasteiger partial charge on any atom is 0.346 e. The molecule has 0 bridgehead atoms. The Bertz CT molecular complexity index is 2120. The molecule has 0 atom stereocenters. The Labute approximate surface area is 278 Å². The number of unbranched alkanes of at least 4 members (excludes halogenated alkanes) is 10. The van der Waals surface area contributed by atoms with Gasteiger partial charge in [-0.15, -0.1) is 0 Å². The summed E-state index contributed by atoms with van der Waals surface area (Å²) in [5, 5.41) is 26.4. The van der Waals surface area contributed by atoms with Gasteiger partial charge in [-0.25, -0.2) is 4.79 Å². The molecule has 0 saturated heterocycles. The maximum atomic E-state index is 11.7. The van der Waals surface area contributed by atoms with Gasteiger partial charge in [0.15, 0.2) is 0 Å². The first-order valence-electron chi connectivity index (χ1n) is 17.8. The number of aromatic nitrogens is 2. The molecule has 4 aromatic carbocycles. The van der Waals surface area contributed by atoms with E-state index in [2.05, 4.69) is 83.6 Å². The van der Waals surface area contributed by atoms with Crippen LogP contribution in [0.15, 0.2) is 72.3 Å². The lowest BCUT2D eigenvalue weighted by molar-refractivity contribution is -0.132. The number of hydrogen-bond donors (Lipinski definition) is 1. The molecule has 2 aromatic heterocycles. The van der Waals surface area contributed by atoms with Gasteiger partial charge in [0.2, 0.25) is 0 Å². The fourth-order valence-corrected chi connectivity index (χ4v) is 7.54. The molecule has 0 radical (unpaired) electrons. The van der Waals surface area contributed by atoms with Crippen molar-refractivity contribution >= 4 is 66.4 Å². The third kappa shape index (κ3) is 6.52. The van der Waals surface area contributed by atoms with E-state index in [1.807, 2.05) is 12.1 Å². The van der Waals surface area contributed by atoms with E-state index < -0.39 is 5.97 Å². The lowest BCUT2D eigenvalue weighted by Gasteiger charge is -2.10. The van der Waals surface area contributed by atoms with E-state index in [-0.39, 0.29) is 5.57 Å². The van der Waals surface area contributed by atoms with Crippen molar-refractivity contribution in [2.75, 3.05) is 0 Å². The SMILES string of the molecule is CCCCCCCCn1c2ccccc2c2c3c(ccc21)ccc1c3c2cc(/C=C(/C#N)C(=O)O)ccc2n1CCCCCCCC. The van der Waals surface area contributed by atoms with Crippen LogP contribution >= 0.6 is 0 Å². The summed E-state index contributed by atoms with van der Waals surface area (Å²) in [4.78, 5) is 11.7. The number of aryl methyl sites for hydroxylation is 2. The molecule has 6 rings (SSSR count). The highest BCUT2D eigenvalue weighted by atomic mass is 16.4. The zero-order chi connectivity index (χ0) is 32.8. The molecule has 47 heavy (non-hydrogen) atoms. The first-order chi connectivity index (χ1) is 23.1. The average molecular weight is 626 g/mol. The van der Waals surface area contributed by atoms with Gasteiger partial charge in [0.25, 0.3) is 0 Å². The summed E-state index contributed by atoms with van der Waals surface area (Å²) in [5.74, 6) is -1.21. The van der Waals surface area contributed by atoms with Gasteiger partial charge in [-0.2, -0.15) is 5.26 Å². The third-order valence-corrected chi connectivity index (χ3v) is 9.90. The molecule has 6 aromatic rings. The molecule has 242 valence electrons. The fourth-order valence-electron chi connectivity index (χ4n) is 7.54. The van der Waals surface area contributed by atoms with Gasteiger partial charge in [0.05, 0.1) is 0 Å². The largest absolute Gasteiger partial charge is 0.477 e.